The van der Waals surface area contributed by atoms with Gasteiger partial charge in [-0.25, -0.2) is 4.98 Å². The van der Waals surface area contributed by atoms with Gasteiger partial charge in [-0.3, -0.25) is 4.79 Å². The highest BCUT2D eigenvalue weighted by Crippen LogP contribution is 2.35. The molecule has 0 saturated carbocycles. The predicted octanol–water partition coefficient (Wildman–Crippen LogP) is 4.86. The number of aromatic nitrogens is 2. The third-order valence-corrected chi connectivity index (χ3v) is 6.13. The lowest BCUT2D eigenvalue weighted by Gasteiger charge is -2.28. The molecule has 0 fully saturated rings. The Hall–Kier alpha value is -4.06. The Kier molecular flexibility index (Phi) is 4.19. The molecule has 1 aliphatic heterocycles. The molecule has 4 aromatic rings. The third kappa shape index (κ3) is 3.81. The number of rotatable bonds is 5. The second-order valence-corrected chi connectivity index (χ2v) is 8.06. The number of nitrogens with zero attached hydrogens (tertiary/aromatic N) is 3. The monoisotopic (exact) mass is 459 g/mol. The number of amides is 1. The summed E-state index contributed by atoms with van der Waals surface area (Å²) in [6.45, 7) is -1.78. The van der Waals surface area contributed by atoms with Gasteiger partial charge in [0.2, 0.25) is 5.91 Å². The lowest BCUT2D eigenvalue weighted by atomic mass is 9.98. The topological polar surface area (TPSA) is 56.6 Å². The first-order valence-electron chi connectivity index (χ1n) is 13.9. The summed E-state index contributed by atoms with van der Waals surface area (Å²) in [5, 5.41) is 0.622. The van der Waals surface area contributed by atoms with E-state index < -0.39 is 14.0 Å². The summed E-state index contributed by atoms with van der Waals surface area (Å²) in [5.74, 6) is 0.163. The molecule has 0 unspecified atom stereocenters. The standard InChI is InChI=1S/C28H27N3O3/c1-30-27(19-8-5-4-6-9-19)22(23-10-7-14-29-28(23)30)11-12-26(32)31-15-13-20-16-24(33-2)25(34-3)17-21(20)18-31/h4-12,14,16-17H,13,15,18H2,1-3H3/b12-11+/i1D3,2D3. The number of pyridine rings is 1. The maximum atomic E-state index is 13.4. The van der Waals surface area contributed by atoms with E-state index in [9.17, 15) is 4.79 Å². The maximum Gasteiger partial charge on any atom is 0.246 e. The zero-order valence-corrected chi connectivity index (χ0v) is 18.6. The van der Waals surface area contributed by atoms with E-state index in [2.05, 4.69) is 4.98 Å². The van der Waals surface area contributed by atoms with E-state index in [1.165, 1.54) is 17.8 Å². The van der Waals surface area contributed by atoms with Crippen LogP contribution in [0.25, 0.3) is 28.4 Å². The molecule has 0 N–H and O–H groups in total. The summed E-state index contributed by atoms with van der Waals surface area (Å²) in [5.41, 5.74) is 3.75. The minimum Gasteiger partial charge on any atom is -0.493 e. The van der Waals surface area contributed by atoms with Gasteiger partial charge < -0.3 is 18.9 Å². The minimum atomic E-state index is -2.61. The molecule has 0 aliphatic carbocycles. The highest BCUT2D eigenvalue weighted by molar-refractivity contribution is 6.00. The fraction of sp³-hybridized carbons (Fsp3) is 0.214. The summed E-state index contributed by atoms with van der Waals surface area (Å²) in [6.07, 6.45) is 5.16. The van der Waals surface area contributed by atoms with Gasteiger partial charge in [0.15, 0.2) is 11.5 Å². The zero-order chi connectivity index (χ0) is 28.7. The summed E-state index contributed by atoms with van der Waals surface area (Å²) in [6, 6.07) is 16.0. The molecule has 5 rings (SSSR count). The molecule has 1 amide bonds. The maximum absolute atomic E-state index is 13.4. The number of benzene rings is 2. The summed E-state index contributed by atoms with van der Waals surface area (Å²) in [4.78, 5) is 19.4. The molecular formula is C28H27N3O3. The Morgan fingerprint density at radius 1 is 1.09 bits per heavy atom. The molecule has 2 aromatic carbocycles. The van der Waals surface area contributed by atoms with Crippen LogP contribution in [0.4, 0.5) is 0 Å². The SMILES string of the molecule is [2H]C([2H])([2H])Oc1cc2c(cc1OC)CN(C(=O)/C=C/c1c(-c3ccccc3)n(C([2H])([2H])[2H])c3ncccc13)CC2. The van der Waals surface area contributed by atoms with Crippen LogP contribution < -0.4 is 9.47 Å². The molecule has 172 valence electrons. The number of ether oxygens (including phenoxy) is 2. The van der Waals surface area contributed by atoms with Crippen LogP contribution in [-0.4, -0.2) is 41.1 Å². The largest absolute Gasteiger partial charge is 0.493 e. The average molecular weight is 460 g/mol. The summed E-state index contributed by atoms with van der Waals surface area (Å²) >= 11 is 0. The number of fused-ring (bicyclic) bond motifs is 2. The van der Waals surface area contributed by atoms with Crippen LogP contribution in [0.3, 0.4) is 0 Å². The number of carbonyl (C=O) groups excluding carboxylic acids is 1. The number of methoxy groups -OCH3 is 2. The quantitative estimate of drug-likeness (QED) is 0.400. The molecule has 0 radical (unpaired) electrons. The molecule has 0 saturated heterocycles. The minimum absolute atomic E-state index is 0.133. The molecular weight excluding hydrogens is 426 g/mol. The molecule has 2 aromatic heterocycles. The fourth-order valence-corrected chi connectivity index (χ4v) is 4.44. The van der Waals surface area contributed by atoms with Crippen molar-refractivity contribution in [2.75, 3.05) is 20.7 Å². The molecule has 3 heterocycles. The molecule has 0 atom stereocenters. The van der Waals surface area contributed by atoms with Crippen molar-refractivity contribution < 1.29 is 22.5 Å². The highest BCUT2D eigenvalue weighted by Gasteiger charge is 2.22. The van der Waals surface area contributed by atoms with E-state index in [4.69, 9.17) is 17.7 Å². The average Bonchev–Trinajstić information content (AvgIpc) is 3.25. The highest BCUT2D eigenvalue weighted by atomic mass is 16.5. The van der Waals surface area contributed by atoms with Crippen molar-refractivity contribution in [1.29, 1.82) is 0 Å². The Morgan fingerprint density at radius 3 is 2.71 bits per heavy atom. The Balaban J connectivity index is 1.49. The number of hydrogen-bond donors (Lipinski definition) is 0. The molecule has 34 heavy (non-hydrogen) atoms. The van der Waals surface area contributed by atoms with E-state index in [0.29, 0.717) is 47.4 Å². The second kappa shape index (κ2) is 9.06. The van der Waals surface area contributed by atoms with Gasteiger partial charge in [0.05, 0.1) is 24.0 Å². The van der Waals surface area contributed by atoms with Gasteiger partial charge in [-0.05, 0) is 53.5 Å². The van der Waals surface area contributed by atoms with Crippen LogP contribution in [0.1, 0.15) is 24.9 Å². The second-order valence-electron chi connectivity index (χ2n) is 8.06. The predicted molar refractivity (Wildman–Crippen MR) is 134 cm³/mol. The summed E-state index contributed by atoms with van der Waals surface area (Å²) < 4.78 is 58.5. The molecule has 0 spiro atoms. The van der Waals surface area contributed by atoms with Crippen molar-refractivity contribution in [1.82, 2.24) is 14.5 Å². The molecule has 1 aliphatic rings. The van der Waals surface area contributed by atoms with Crippen LogP contribution in [0, 0.1) is 0 Å². The fourth-order valence-electron chi connectivity index (χ4n) is 4.44. The molecule has 0 bridgehead atoms. The van der Waals surface area contributed by atoms with Gasteiger partial charge in [0, 0.05) is 47.4 Å². The van der Waals surface area contributed by atoms with Crippen LogP contribution in [0.5, 0.6) is 11.5 Å². The molecule has 6 nitrogen and oxygen atoms in total. The first kappa shape index (κ1) is 15.7. The summed E-state index contributed by atoms with van der Waals surface area (Å²) in [7, 11) is -1.18. The van der Waals surface area contributed by atoms with Gasteiger partial charge in [-0.1, -0.05) is 30.3 Å². The number of hydrogen-bond acceptors (Lipinski definition) is 4. The number of carbonyl (C=O) groups is 1. The first-order valence-corrected chi connectivity index (χ1v) is 10.9. The van der Waals surface area contributed by atoms with E-state index in [-0.39, 0.29) is 17.4 Å². The van der Waals surface area contributed by atoms with Gasteiger partial charge in [0.25, 0.3) is 0 Å². The number of aryl methyl sites for hydroxylation is 1. The van der Waals surface area contributed by atoms with E-state index >= 15 is 0 Å². The van der Waals surface area contributed by atoms with E-state index in [1.54, 1.807) is 41.4 Å². The lowest BCUT2D eigenvalue weighted by molar-refractivity contribution is -0.126. The normalized spacial score (nSPS) is 16.7. The third-order valence-electron chi connectivity index (χ3n) is 6.13. The van der Waals surface area contributed by atoms with Crippen molar-refractivity contribution in [2.24, 2.45) is 6.98 Å². The van der Waals surface area contributed by atoms with Crippen molar-refractivity contribution in [2.45, 2.75) is 13.0 Å². The zero-order valence-electron chi connectivity index (χ0n) is 24.6. The Bertz CT molecular complexity index is 1590. The first-order chi connectivity index (χ1) is 19.0. The van der Waals surface area contributed by atoms with Gasteiger partial charge in [0.1, 0.15) is 5.65 Å². The Labute approximate surface area is 207 Å². The Morgan fingerprint density at radius 2 is 1.91 bits per heavy atom. The van der Waals surface area contributed by atoms with Crippen LogP contribution in [0.15, 0.2) is 66.9 Å². The van der Waals surface area contributed by atoms with E-state index in [1.807, 2.05) is 30.3 Å². The van der Waals surface area contributed by atoms with Gasteiger partial charge in [-0.2, -0.15) is 0 Å². The van der Waals surface area contributed by atoms with Crippen LogP contribution in [-0.2, 0) is 24.7 Å². The van der Waals surface area contributed by atoms with Crippen molar-refractivity contribution in [3.8, 4) is 22.8 Å². The lowest BCUT2D eigenvalue weighted by Crippen LogP contribution is -2.34. The van der Waals surface area contributed by atoms with Crippen LogP contribution in [0.2, 0.25) is 0 Å². The molecule has 6 heteroatoms. The smallest absolute Gasteiger partial charge is 0.246 e. The van der Waals surface area contributed by atoms with Gasteiger partial charge in [-0.15, -0.1) is 0 Å². The van der Waals surface area contributed by atoms with Crippen molar-refractivity contribution in [3.63, 3.8) is 0 Å². The van der Waals surface area contributed by atoms with Gasteiger partial charge >= 0.3 is 0 Å². The van der Waals surface area contributed by atoms with Crippen LogP contribution >= 0.6 is 0 Å². The van der Waals surface area contributed by atoms with Crippen molar-refractivity contribution in [3.05, 3.63) is 83.6 Å². The van der Waals surface area contributed by atoms with E-state index in [0.717, 1.165) is 11.1 Å². The van der Waals surface area contributed by atoms with Crippen molar-refractivity contribution >= 4 is 23.0 Å².